The van der Waals surface area contributed by atoms with E-state index in [1.807, 2.05) is 12.1 Å². The molecule has 4 rings (SSSR count). The third kappa shape index (κ3) is 2.85. The molecule has 0 unspecified atom stereocenters. The summed E-state index contributed by atoms with van der Waals surface area (Å²) in [5, 5.41) is 0.474. The highest BCUT2D eigenvalue weighted by Gasteiger charge is 2.29. The molecule has 2 aromatic rings. The first-order valence-electron chi connectivity index (χ1n) is 7.65. The van der Waals surface area contributed by atoms with Crippen LogP contribution in [-0.2, 0) is 28.7 Å². The van der Waals surface area contributed by atoms with Gasteiger partial charge in [0.2, 0.25) is 16.8 Å². The SMILES string of the molecule is O=S(=O)(Cc1ccccc1Cl)N1CCc2cc3c(cc2C1)OCO3. The number of halogens is 1. The molecule has 0 amide bonds. The first-order valence-corrected chi connectivity index (χ1v) is 9.64. The van der Waals surface area contributed by atoms with Gasteiger partial charge in [-0.1, -0.05) is 29.8 Å². The van der Waals surface area contributed by atoms with E-state index in [0.29, 0.717) is 35.8 Å². The number of hydrogen-bond donors (Lipinski definition) is 0. The molecule has 24 heavy (non-hydrogen) atoms. The molecule has 0 saturated carbocycles. The van der Waals surface area contributed by atoms with E-state index in [-0.39, 0.29) is 12.5 Å². The standard InChI is InChI=1S/C17H16ClNO4S/c18-15-4-2-1-3-13(15)10-24(20,21)19-6-5-12-7-16-17(23-11-22-16)8-14(12)9-19/h1-4,7-8H,5-6,9-11H2. The minimum absolute atomic E-state index is 0.0907. The predicted molar refractivity (Wildman–Crippen MR) is 90.8 cm³/mol. The van der Waals surface area contributed by atoms with Crippen molar-refractivity contribution in [3.63, 3.8) is 0 Å². The Hall–Kier alpha value is -1.76. The van der Waals surface area contributed by atoms with E-state index in [4.69, 9.17) is 21.1 Å². The number of hydrogen-bond acceptors (Lipinski definition) is 4. The lowest BCUT2D eigenvalue weighted by Gasteiger charge is -2.28. The van der Waals surface area contributed by atoms with Crippen LogP contribution in [-0.4, -0.2) is 26.1 Å². The normalized spacial score (nSPS) is 16.9. The summed E-state index contributed by atoms with van der Waals surface area (Å²) >= 11 is 6.10. The molecule has 0 radical (unpaired) electrons. The monoisotopic (exact) mass is 365 g/mol. The van der Waals surface area contributed by atoms with E-state index >= 15 is 0 Å². The number of sulfonamides is 1. The van der Waals surface area contributed by atoms with E-state index in [9.17, 15) is 8.42 Å². The lowest BCUT2D eigenvalue weighted by atomic mass is 10.0. The minimum Gasteiger partial charge on any atom is -0.454 e. The molecule has 0 aromatic heterocycles. The molecule has 7 heteroatoms. The van der Waals surface area contributed by atoms with Crippen molar-refractivity contribution < 1.29 is 17.9 Å². The molecule has 0 atom stereocenters. The van der Waals surface area contributed by atoms with Crippen LogP contribution in [0.15, 0.2) is 36.4 Å². The Balaban J connectivity index is 1.58. The lowest BCUT2D eigenvalue weighted by molar-refractivity contribution is 0.174. The zero-order valence-corrected chi connectivity index (χ0v) is 14.4. The van der Waals surface area contributed by atoms with Crippen molar-refractivity contribution in [2.75, 3.05) is 13.3 Å². The van der Waals surface area contributed by atoms with Crippen LogP contribution in [0.5, 0.6) is 11.5 Å². The molecular weight excluding hydrogens is 350 g/mol. The van der Waals surface area contributed by atoms with E-state index < -0.39 is 10.0 Å². The van der Waals surface area contributed by atoms with E-state index in [1.54, 1.807) is 24.3 Å². The molecule has 126 valence electrons. The van der Waals surface area contributed by atoms with Gasteiger partial charge in [0.15, 0.2) is 11.5 Å². The third-order valence-corrected chi connectivity index (χ3v) is 6.50. The zero-order valence-electron chi connectivity index (χ0n) is 12.9. The van der Waals surface area contributed by atoms with Crippen LogP contribution in [0.25, 0.3) is 0 Å². The number of rotatable bonds is 3. The van der Waals surface area contributed by atoms with Gasteiger partial charge in [-0.3, -0.25) is 0 Å². The molecule has 0 spiro atoms. The van der Waals surface area contributed by atoms with Crippen LogP contribution >= 0.6 is 11.6 Å². The Morgan fingerprint density at radius 2 is 1.79 bits per heavy atom. The first kappa shape index (κ1) is 15.7. The van der Waals surface area contributed by atoms with Gasteiger partial charge in [0.25, 0.3) is 0 Å². The number of nitrogens with zero attached hydrogens (tertiary/aromatic N) is 1. The molecule has 0 bridgehead atoms. The van der Waals surface area contributed by atoms with Crippen molar-refractivity contribution in [1.82, 2.24) is 4.31 Å². The van der Waals surface area contributed by atoms with Gasteiger partial charge in [0.05, 0.1) is 5.75 Å². The van der Waals surface area contributed by atoms with Gasteiger partial charge in [-0.15, -0.1) is 0 Å². The maximum absolute atomic E-state index is 12.8. The van der Waals surface area contributed by atoms with Crippen LogP contribution in [0.1, 0.15) is 16.7 Å². The average Bonchev–Trinajstić information content (AvgIpc) is 3.01. The summed E-state index contributed by atoms with van der Waals surface area (Å²) in [4.78, 5) is 0. The summed E-state index contributed by atoms with van der Waals surface area (Å²) in [7, 11) is -3.44. The van der Waals surface area contributed by atoms with Crippen molar-refractivity contribution >= 4 is 21.6 Å². The third-order valence-electron chi connectivity index (χ3n) is 4.36. The van der Waals surface area contributed by atoms with Gasteiger partial charge < -0.3 is 9.47 Å². The second kappa shape index (κ2) is 5.95. The molecule has 0 N–H and O–H groups in total. The fourth-order valence-corrected chi connectivity index (χ4v) is 4.88. The quantitative estimate of drug-likeness (QED) is 0.839. The Morgan fingerprint density at radius 1 is 1.08 bits per heavy atom. The van der Waals surface area contributed by atoms with Crippen LogP contribution < -0.4 is 9.47 Å². The topological polar surface area (TPSA) is 55.8 Å². The molecule has 0 aliphatic carbocycles. The van der Waals surface area contributed by atoms with Crippen molar-refractivity contribution in [3.05, 3.63) is 58.1 Å². The minimum atomic E-state index is -3.44. The van der Waals surface area contributed by atoms with E-state index in [0.717, 1.165) is 16.9 Å². The maximum Gasteiger partial charge on any atom is 0.231 e. The Labute approximate surface area is 145 Å². The highest BCUT2D eigenvalue weighted by atomic mass is 35.5. The number of ether oxygens (including phenoxy) is 2. The van der Waals surface area contributed by atoms with Gasteiger partial charge in [-0.05, 0) is 41.3 Å². The lowest BCUT2D eigenvalue weighted by Crippen LogP contribution is -2.36. The molecule has 2 aliphatic heterocycles. The molecule has 2 heterocycles. The fraction of sp³-hybridized carbons (Fsp3) is 0.294. The van der Waals surface area contributed by atoms with Crippen molar-refractivity contribution in [2.24, 2.45) is 0 Å². The molecular formula is C17H16ClNO4S. The maximum atomic E-state index is 12.8. The summed E-state index contributed by atoms with van der Waals surface area (Å²) in [5.41, 5.74) is 2.70. The van der Waals surface area contributed by atoms with Crippen molar-refractivity contribution in [1.29, 1.82) is 0 Å². The van der Waals surface area contributed by atoms with Crippen molar-refractivity contribution in [2.45, 2.75) is 18.7 Å². The molecule has 5 nitrogen and oxygen atoms in total. The smallest absolute Gasteiger partial charge is 0.231 e. The van der Waals surface area contributed by atoms with Crippen LogP contribution in [0, 0.1) is 0 Å². The van der Waals surface area contributed by atoms with Crippen molar-refractivity contribution in [3.8, 4) is 11.5 Å². The van der Waals surface area contributed by atoms with Gasteiger partial charge in [-0.25, -0.2) is 8.42 Å². The van der Waals surface area contributed by atoms with Crippen LogP contribution in [0.3, 0.4) is 0 Å². The summed E-state index contributed by atoms with van der Waals surface area (Å²) in [5.74, 6) is 1.33. The first-order chi connectivity index (χ1) is 11.5. The van der Waals surface area contributed by atoms with Crippen LogP contribution in [0.2, 0.25) is 5.02 Å². The van der Waals surface area contributed by atoms with Gasteiger partial charge in [-0.2, -0.15) is 4.31 Å². The van der Waals surface area contributed by atoms with E-state index in [2.05, 4.69) is 0 Å². The van der Waals surface area contributed by atoms with Gasteiger partial charge in [0, 0.05) is 18.1 Å². The summed E-state index contributed by atoms with van der Waals surface area (Å²) in [6.45, 7) is 1.02. The van der Waals surface area contributed by atoms with E-state index in [1.165, 1.54) is 4.31 Å². The van der Waals surface area contributed by atoms with Gasteiger partial charge >= 0.3 is 0 Å². The molecule has 0 saturated heterocycles. The fourth-order valence-electron chi connectivity index (χ4n) is 3.06. The Bertz CT molecular complexity index is 897. The number of benzene rings is 2. The van der Waals surface area contributed by atoms with Gasteiger partial charge in [0.1, 0.15) is 0 Å². The second-order valence-corrected chi connectivity index (χ2v) is 8.28. The summed E-state index contributed by atoms with van der Waals surface area (Å²) in [6.07, 6.45) is 0.660. The molecule has 2 aromatic carbocycles. The van der Waals surface area contributed by atoms with Crippen LogP contribution in [0.4, 0.5) is 0 Å². The zero-order chi connectivity index (χ0) is 16.7. The second-order valence-electron chi connectivity index (χ2n) is 5.91. The Morgan fingerprint density at radius 3 is 2.54 bits per heavy atom. The average molecular weight is 366 g/mol. The highest BCUT2D eigenvalue weighted by Crippen LogP contribution is 2.37. The summed E-state index contributed by atoms with van der Waals surface area (Å²) < 4.78 is 37.8. The largest absolute Gasteiger partial charge is 0.454 e. The number of fused-ring (bicyclic) bond motifs is 2. The Kier molecular flexibility index (Phi) is 3.90. The highest BCUT2D eigenvalue weighted by molar-refractivity contribution is 7.88. The predicted octanol–water partition coefficient (Wildman–Crippen LogP) is 2.96. The molecule has 2 aliphatic rings. The summed E-state index contributed by atoms with van der Waals surface area (Å²) in [6, 6.07) is 10.9. The molecule has 0 fully saturated rings.